The molecular formula is C29H39N3O4. The number of morpholine rings is 1. The van der Waals surface area contributed by atoms with Crippen LogP contribution in [0.4, 0.5) is 0 Å². The molecule has 36 heavy (non-hydrogen) atoms. The van der Waals surface area contributed by atoms with Gasteiger partial charge in [-0.1, -0.05) is 42.5 Å². The Morgan fingerprint density at radius 3 is 2.25 bits per heavy atom. The van der Waals surface area contributed by atoms with Gasteiger partial charge in [0.25, 0.3) is 0 Å². The number of amides is 2. The molecule has 7 nitrogen and oxygen atoms in total. The lowest BCUT2D eigenvalue weighted by Crippen LogP contribution is -2.44. The minimum Gasteiger partial charge on any atom is -0.493 e. The standard InChI is InChI=1S/C29H39N3O4/c1-22-19-31(20-23(2)36-22)21-25-10-8-24(9-11-25)18-30-29(34)26-12-15-32(16-13-26)28(33)14-17-35-27-6-4-3-5-7-27/h3-11,22-23,26H,12-21H2,1-2H3,(H,30,34). The number of nitrogens with one attached hydrogen (secondary N) is 1. The maximum absolute atomic E-state index is 12.7. The third-order valence-corrected chi connectivity index (χ3v) is 6.94. The smallest absolute Gasteiger partial charge is 0.225 e. The molecule has 2 aromatic rings. The Labute approximate surface area is 214 Å². The van der Waals surface area contributed by atoms with Crippen molar-refractivity contribution in [1.82, 2.24) is 15.1 Å². The van der Waals surface area contributed by atoms with Crippen LogP contribution < -0.4 is 10.1 Å². The predicted octanol–water partition coefficient (Wildman–Crippen LogP) is 3.62. The lowest BCUT2D eigenvalue weighted by atomic mass is 9.95. The maximum Gasteiger partial charge on any atom is 0.225 e. The van der Waals surface area contributed by atoms with Gasteiger partial charge in [-0.25, -0.2) is 0 Å². The first-order valence-electron chi connectivity index (χ1n) is 13.1. The first-order chi connectivity index (χ1) is 17.5. The van der Waals surface area contributed by atoms with E-state index in [0.717, 1.165) is 30.9 Å². The molecule has 4 rings (SSSR count). The lowest BCUT2D eigenvalue weighted by molar-refractivity contribution is -0.136. The highest BCUT2D eigenvalue weighted by molar-refractivity contribution is 5.80. The second kappa shape index (κ2) is 12.9. The van der Waals surface area contributed by atoms with E-state index in [0.29, 0.717) is 45.5 Å². The molecule has 2 heterocycles. The van der Waals surface area contributed by atoms with E-state index in [9.17, 15) is 9.59 Å². The summed E-state index contributed by atoms with van der Waals surface area (Å²) in [4.78, 5) is 29.5. The normalized spacial score (nSPS) is 21.2. The summed E-state index contributed by atoms with van der Waals surface area (Å²) in [5.41, 5.74) is 2.37. The maximum atomic E-state index is 12.7. The largest absolute Gasteiger partial charge is 0.493 e. The quantitative estimate of drug-likeness (QED) is 0.578. The van der Waals surface area contributed by atoms with Crippen molar-refractivity contribution in [3.63, 3.8) is 0 Å². The Morgan fingerprint density at radius 2 is 1.58 bits per heavy atom. The first kappa shape index (κ1) is 26.2. The highest BCUT2D eigenvalue weighted by Crippen LogP contribution is 2.19. The van der Waals surface area contributed by atoms with E-state index < -0.39 is 0 Å². The molecule has 2 amide bonds. The Morgan fingerprint density at radius 1 is 0.944 bits per heavy atom. The van der Waals surface area contributed by atoms with Gasteiger partial charge in [0.2, 0.25) is 11.8 Å². The lowest BCUT2D eigenvalue weighted by Gasteiger charge is -2.35. The summed E-state index contributed by atoms with van der Waals surface area (Å²) in [6, 6.07) is 18.0. The molecule has 2 unspecified atom stereocenters. The van der Waals surface area contributed by atoms with Crippen molar-refractivity contribution in [3.8, 4) is 5.75 Å². The van der Waals surface area contributed by atoms with Gasteiger partial charge in [-0.2, -0.15) is 0 Å². The highest BCUT2D eigenvalue weighted by atomic mass is 16.5. The van der Waals surface area contributed by atoms with Crippen LogP contribution in [0, 0.1) is 5.92 Å². The first-order valence-corrected chi connectivity index (χ1v) is 13.1. The SMILES string of the molecule is CC1CN(Cc2ccc(CNC(=O)C3CCN(C(=O)CCOc4ccccc4)CC3)cc2)CC(C)O1. The number of likely N-dealkylation sites (tertiary alicyclic amines) is 1. The molecule has 0 bridgehead atoms. The van der Waals surface area contributed by atoms with Gasteiger partial charge < -0.3 is 19.7 Å². The summed E-state index contributed by atoms with van der Waals surface area (Å²) < 4.78 is 11.5. The molecule has 2 atom stereocenters. The molecule has 0 aliphatic carbocycles. The van der Waals surface area contributed by atoms with Gasteiger partial charge in [-0.15, -0.1) is 0 Å². The van der Waals surface area contributed by atoms with Gasteiger partial charge >= 0.3 is 0 Å². The molecule has 0 spiro atoms. The van der Waals surface area contributed by atoms with E-state index in [2.05, 4.69) is 48.3 Å². The second-order valence-corrected chi connectivity index (χ2v) is 10.1. The molecule has 194 valence electrons. The third kappa shape index (κ3) is 7.80. The molecular weight excluding hydrogens is 454 g/mol. The zero-order valence-corrected chi connectivity index (χ0v) is 21.5. The fourth-order valence-electron chi connectivity index (χ4n) is 5.09. The Bertz CT molecular complexity index is 964. The monoisotopic (exact) mass is 493 g/mol. The molecule has 2 aliphatic rings. The van der Waals surface area contributed by atoms with E-state index >= 15 is 0 Å². The zero-order valence-electron chi connectivity index (χ0n) is 21.5. The number of hydrogen-bond donors (Lipinski definition) is 1. The molecule has 2 saturated heterocycles. The van der Waals surface area contributed by atoms with E-state index in [-0.39, 0.29) is 29.9 Å². The summed E-state index contributed by atoms with van der Waals surface area (Å²) in [6.45, 7) is 9.21. The molecule has 7 heteroatoms. The van der Waals surface area contributed by atoms with E-state index in [4.69, 9.17) is 9.47 Å². The number of ether oxygens (including phenoxy) is 2. The minimum absolute atomic E-state index is 0.0424. The van der Waals surface area contributed by atoms with Crippen molar-refractivity contribution in [2.24, 2.45) is 5.92 Å². The number of hydrogen-bond acceptors (Lipinski definition) is 5. The summed E-state index contributed by atoms with van der Waals surface area (Å²) in [5.74, 6) is 0.900. The van der Waals surface area contributed by atoms with Crippen LogP contribution in [0.5, 0.6) is 5.75 Å². The molecule has 1 N–H and O–H groups in total. The van der Waals surface area contributed by atoms with Crippen LogP contribution in [0.15, 0.2) is 54.6 Å². The Kier molecular flexibility index (Phi) is 9.36. The molecule has 2 aliphatic heterocycles. The van der Waals surface area contributed by atoms with Crippen LogP contribution in [-0.4, -0.2) is 66.6 Å². The van der Waals surface area contributed by atoms with Crippen LogP contribution >= 0.6 is 0 Å². The van der Waals surface area contributed by atoms with E-state index in [1.165, 1.54) is 5.56 Å². The summed E-state index contributed by atoms with van der Waals surface area (Å²) >= 11 is 0. The summed E-state index contributed by atoms with van der Waals surface area (Å²) in [5, 5.41) is 3.09. The van der Waals surface area contributed by atoms with Gasteiger partial charge in [0.05, 0.1) is 25.2 Å². The average molecular weight is 494 g/mol. The van der Waals surface area contributed by atoms with Gasteiger partial charge in [0.15, 0.2) is 0 Å². The minimum atomic E-state index is -0.0424. The van der Waals surface area contributed by atoms with Crippen molar-refractivity contribution in [1.29, 1.82) is 0 Å². The second-order valence-electron chi connectivity index (χ2n) is 10.1. The average Bonchev–Trinajstić information content (AvgIpc) is 2.88. The Balaban J connectivity index is 1.13. The number of carbonyl (C=O) groups is 2. The van der Waals surface area contributed by atoms with Crippen LogP contribution in [-0.2, 0) is 27.4 Å². The summed E-state index contributed by atoms with van der Waals surface area (Å²) in [6.07, 6.45) is 2.29. The Hall–Kier alpha value is -2.90. The van der Waals surface area contributed by atoms with Crippen molar-refractivity contribution in [2.45, 2.75) is 58.4 Å². The predicted molar refractivity (Wildman–Crippen MR) is 139 cm³/mol. The van der Waals surface area contributed by atoms with Crippen LogP contribution in [0.3, 0.4) is 0 Å². The molecule has 0 radical (unpaired) electrons. The number of rotatable bonds is 9. The van der Waals surface area contributed by atoms with E-state index in [1.54, 1.807) is 0 Å². The molecule has 0 saturated carbocycles. The van der Waals surface area contributed by atoms with Gasteiger partial charge in [-0.3, -0.25) is 14.5 Å². The van der Waals surface area contributed by atoms with Crippen LogP contribution in [0.25, 0.3) is 0 Å². The zero-order chi connectivity index (χ0) is 25.3. The van der Waals surface area contributed by atoms with E-state index in [1.807, 2.05) is 35.2 Å². The van der Waals surface area contributed by atoms with Crippen LogP contribution in [0.1, 0.15) is 44.2 Å². The molecule has 2 aromatic carbocycles. The fourth-order valence-corrected chi connectivity index (χ4v) is 5.09. The number of benzene rings is 2. The fraction of sp³-hybridized carbons (Fsp3) is 0.517. The number of carbonyl (C=O) groups excluding carboxylic acids is 2. The molecule has 2 fully saturated rings. The van der Waals surface area contributed by atoms with Crippen LogP contribution in [0.2, 0.25) is 0 Å². The third-order valence-electron chi connectivity index (χ3n) is 6.94. The van der Waals surface area contributed by atoms with Gasteiger partial charge in [0.1, 0.15) is 5.75 Å². The van der Waals surface area contributed by atoms with Crippen molar-refractivity contribution in [2.75, 3.05) is 32.8 Å². The number of para-hydroxylation sites is 1. The number of piperidine rings is 1. The van der Waals surface area contributed by atoms with Gasteiger partial charge in [0, 0.05) is 45.2 Å². The van der Waals surface area contributed by atoms with Gasteiger partial charge in [-0.05, 0) is 49.9 Å². The highest BCUT2D eigenvalue weighted by Gasteiger charge is 2.27. The summed E-state index contributed by atoms with van der Waals surface area (Å²) in [7, 11) is 0. The number of nitrogens with zero attached hydrogens (tertiary/aromatic N) is 2. The van der Waals surface area contributed by atoms with Crippen molar-refractivity contribution < 1.29 is 19.1 Å². The van der Waals surface area contributed by atoms with Crippen molar-refractivity contribution in [3.05, 3.63) is 65.7 Å². The topological polar surface area (TPSA) is 71.1 Å². The van der Waals surface area contributed by atoms with Crippen molar-refractivity contribution >= 4 is 11.8 Å². The molecule has 0 aromatic heterocycles.